The first kappa shape index (κ1) is 17.2. The van der Waals surface area contributed by atoms with Gasteiger partial charge in [-0.1, -0.05) is 6.58 Å². The minimum Gasteiger partial charge on any atom is -0.435 e. The Morgan fingerprint density at radius 3 is 2.21 bits per heavy atom. The van der Waals surface area contributed by atoms with Gasteiger partial charge in [-0.15, -0.1) is 0 Å². The van der Waals surface area contributed by atoms with Crippen LogP contribution in [0.4, 0.5) is 4.79 Å². The van der Waals surface area contributed by atoms with Gasteiger partial charge in [-0.2, -0.15) is 0 Å². The van der Waals surface area contributed by atoms with Crippen LogP contribution < -0.4 is 11.1 Å². The fourth-order valence-corrected chi connectivity index (χ4v) is 1.53. The number of Topliss-reactive ketones (excluding diaryl/α,β-unsaturated/α-hetero) is 1. The number of nitrogens with two attached hydrogens (primary N) is 1. The van der Waals surface area contributed by atoms with E-state index in [0.29, 0.717) is 38.6 Å². The van der Waals surface area contributed by atoms with Crippen molar-refractivity contribution < 1.29 is 19.1 Å². The number of ketones is 1. The standard InChI is InChI=1S/C13H22N2O4/c1-2-19-12(17)9-4-3-7-11(16)8-5-6-10-15-13(14)18/h2H,1,3-10H2,(H3,14,15,18). The Labute approximate surface area is 113 Å². The minimum absolute atomic E-state index is 0.177. The maximum atomic E-state index is 11.5. The fourth-order valence-electron chi connectivity index (χ4n) is 1.53. The first-order valence-corrected chi connectivity index (χ1v) is 6.41. The van der Waals surface area contributed by atoms with Crippen LogP contribution in [0.15, 0.2) is 12.8 Å². The first-order valence-electron chi connectivity index (χ1n) is 6.41. The molecule has 0 aromatic rings. The van der Waals surface area contributed by atoms with E-state index >= 15 is 0 Å². The topological polar surface area (TPSA) is 98.5 Å². The fraction of sp³-hybridized carbons (Fsp3) is 0.615. The average molecular weight is 270 g/mol. The average Bonchev–Trinajstić information content (AvgIpc) is 2.34. The third kappa shape index (κ3) is 12.4. The number of ether oxygens (including phenoxy) is 1. The Morgan fingerprint density at radius 1 is 1.05 bits per heavy atom. The molecule has 0 spiro atoms. The SMILES string of the molecule is C=COC(=O)CCCCC(=O)CCCCNC(N)=O. The number of nitrogens with one attached hydrogen (secondary N) is 1. The lowest BCUT2D eigenvalue weighted by Gasteiger charge is -2.02. The van der Waals surface area contributed by atoms with Gasteiger partial charge in [-0.3, -0.25) is 9.59 Å². The van der Waals surface area contributed by atoms with Crippen LogP contribution in [-0.4, -0.2) is 24.3 Å². The number of hydrogen-bond donors (Lipinski definition) is 2. The van der Waals surface area contributed by atoms with Crippen molar-refractivity contribution in [3.8, 4) is 0 Å². The van der Waals surface area contributed by atoms with Gasteiger partial charge in [0.05, 0.1) is 6.26 Å². The van der Waals surface area contributed by atoms with Crippen LogP contribution in [0.2, 0.25) is 0 Å². The molecule has 6 heteroatoms. The molecule has 0 aliphatic carbocycles. The van der Waals surface area contributed by atoms with Crippen LogP contribution in [0, 0.1) is 0 Å². The third-order valence-corrected chi connectivity index (χ3v) is 2.48. The normalized spacial score (nSPS) is 9.68. The zero-order valence-electron chi connectivity index (χ0n) is 11.2. The van der Waals surface area contributed by atoms with Crippen LogP contribution >= 0.6 is 0 Å². The van der Waals surface area contributed by atoms with E-state index in [1.165, 1.54) is 0 Å². The second kappa shape index (κ2) is 11.3. The van der Waals surface area contributed by atoms with Gasteiger partial charge in [0.25, 0.3) is 0 Å². The monoisotopic (exact) mass is 270 g/mol. The van der Waals surface area contributed by atoms with Crippen LogP contribution in [0.1, 0.15) is 44.9 Å². The van der Waals surface area contributed by atoms with Crippen molar-refractivity contribution in [1.29, 1.82) is 0 Å². The highest BCUT2D eigenvalue weighted by Crippen LogP contribution is 2.06. The number of rotatable bonds is 11. The van der Waals surface area contributed by atoms with Crippen LogP contribution in [0.25, 0.3) is 0 Å². The number of urea groups is 1. The third-order valence-electron chi connectivity index (χ3n) is 2.48. The van der Waals surface area contributed by atoms with Crippen molar-refractivity contribution in [1.82, 2.24) is 5.32 Å². The summed E-state index contributed by atoms with van der Waals surface area (Å²) in [5.74, 6) is -0.142. The lowest BCUT2D eigenvalue weighted by atomic mass is 10.1. The molecule has 0 aromatic carbocycles. The van der Waals surface area contributed by atoms with Gasteiger partial charge in [-0.25, -0.2) is 4.79 Å². The summed E-state index contributed by atoms with van der Waals surface area (Å²) in [6.45, 7) is 3.78. The molecule has 0 aromatic heterocycles. The first-order chi connectivity index (χ1) is 9.06. The maximum Gasteiger partial charge on any atom is 0.312 e. The Bertz CT molecular complexity index is 316. The zero-order valence-corrected chi connectivity index (χ0v) is 11.2. The number of esters is 1. The number of unbranched alkanes of at least 4 members (excludes halogenated alkanes) is 2. The molecule has 0 radical (unpaired) electrons. The number of hydrogen-bond acceptors (Lipinski definition) is 4. The molecule has 0 aliphatic heterocycles. The quantitative estimate of drug-likeness (QED) is 0.339. The molecule has 108 valence electrons. The molecule has 0 bridgehead atoms. The van der Waals surface area contributed by atoms with Gasteiger partial charge in [0, 0.05) is 25.8 Å². The highest BCUT2D eigenvalue weighted by atomic mass is 16.5. The molecule has 0 heterocycles. The predicted octanol–water partition coefficient (Wildman–Crippen LogP) is 1.64. The van der Waals surface area contributed by atoms with E-state index in [1.54, 1.807) is 0 Å². The van der Waals surface area contributed by atoms with Crippen molar-refractivity contribution in [2.75, 3.05) is 6.54 Å². The number of carbonyl (C=O) groups excluding carboxylic acids is 3. The minimum atomic E-state index is -0.544. The Morgan fingerprint density at radius 2 is 1.63 bits per heavy atom. The summed E-state index contributed by atoms with van der Waals surface area (Å²) in [5, 5.41) is 2.46. The van der Waals surface area contributed by atoms with E-state index in [4.69, 9.17) is 5.73 Å². The summed E-state index contributed by atoms with van der Waals surface area (Å²) < 4.78 is 4.56. The van der Waals surface area contributed by atoms with Crippen molar-refractivity contribution in [3.63, 3.8) is 0 Å². The van der Waals surface area contributed by atoms with E-state index in [9.17, 15) is 14.4 Å². The smallest absolute Gasteiger partial charge is 0.312 e. The largest absolute Gasteiger partial charge is 0.435 e. The molecule has 0 rings (SSSR count). The van der Waals surface area contributed by atoms with Crippen molar-refractivity contribution in [2.24, 2.45) is 5.73 Å². The molecule has 6 nitrogen and oxygen atoms in total. The summed E-state index contributed by atoms with van der Waals surface area (Å²) in [5.41, 5.74) is 4.90. The number of carbonyl (C=O) groups is 3. The van der Waals surface area contributed by atoms with E-state index in [1.807, 2.05) is 0 Å². The summed E-state index contributed by atoms with van der Waals surface area (Å²) in [6.07, 6.45) is 5.18. The molecule has 2 amide bonds. The highest BCUT2D eigenvalue weighted by molar-refractivity contribution is 5.78. The number of amides is 2. The van der Waals surface area contributed by atoms with Gasteiger partial charge in [-0.05, 0) is 25.7 Å². The zero-order chi connectivity index (χ0) is 14.5. The maximum absolute atomic E-state index is 11.5. The molecular formula is C13H22N2O4. The summed E-state index contributed by atoms with van der Waals surface area (Å²) in [4.78, 5) is 32.8. The van der Waals surface area contributed by atoms with Gasteiger partial charge >= 0.3 is 12.0 Å². The van der Waals surface area contributed by atoms with Crippen LogP contribution in [-0.2, 0) is 14.3 Å². The molecular weight excluding hydrogens is 248 g/mol. The van der Waals surface area contributed by atoms with E-state index in [0.717, 1.165) is 19.1 Å². The van der Waals surface area contributed by atoms with Gasteiger partial charge in [0.15, 0.2) is 0 Å². The van der Waals surface area contributed by atoms with Gasteiger partial charge < -0.3 is 15.8 Å². The van der Waals surface area contributed by atoms with E-state index in [-0.39, 0.29) is 11.8 Å². The molecule has 0 saturated carbocycles. The molecule has 0 aliphatic rings. The Balaban J connectivity index is 3.37. The molecule has 0 unspecified atom stereocenters. The molecule has 0 atom stereocenters. The van der Waals surface area contributed by atoms with Crippen molar-refractivity contribution in [3.05, 3.63) is 12.8 Å². The summed E-state index contributed by atoms with van der Waals surface area (Å²) in [6, 6.07) is -0.544. The predicted molar refractivity (Wildman–Crippen MR) is 71.2 cm³/mol. The Hall–Kier alpha value is -1.85. The Kier molecular flexibility index (Phi) is 10.2. The number of primary amides is 1. The second-order valence-electron chi connectivity index (χ2n) is 4.15. The molecule has 3 N–H and O–H groups in total. The molecule has 0 fully saturated rings. The van der Waals surface area contributed by atoms with Crippen molar-refractivity contribution >= 4 is 17.8 Å². The van der Waals surface area contributed by atoms with Crippen molar-refractivity contribution in [2.45, 2.75) is 44.9 Å². The lowest BCUT2D eigenvalue weighted by molar-refractivity contribution is -0.138. The lowest BCUT2D eigenvalue weighted by Crippen LogP contribution is -2.30. The van der Waals surface area contributed by atoms with E-state index in [2.05, 4.69) is 16.6 Å². The van der Waals surface area contributed by atoms with Crippen LogP contribution in [0.3, 0.4) is 0 Å². The highest BCUT2D eigenvalue weighted by Gasteiger charge is 2.04. The molecule has 0 saturated heterocycles. The van der Waals surface area contributed by atoms with E-state index < -0.39 is 6.03 Å². The van der Waals surface area contributed by atoms with Crippen LogP contribution in [0.5, 0.6) is 0 Å². The summed E-state index contributed by atoms with van der Waals surface area (Å²) in [7, 11) is 0. The van der Waals surface area contributed by atoms with Gasteiger partial charge in [0.1, 0.15) is 5.78 Å². The summed E-state index contributed by atoms with van der Waals surface area (Å²) >= 11 is 0. The van der Waals surface area contributed by atoms with Gasteiger partial charge in [0.2, 0.25) is 0 Å². The molecule has 19 heavy (non-hydrogen) atoms. The second-order valence-corrected chi connectivity index (χ2v) is 4.15.